The molecule has 0 unspecified atom stereocenters. The van der Waals surface area contributed by atoms with Crippen molar-refractivity contribution in [3.63, 3.8) is 0 Å². The van der Waals surface area contributed by atoms with Crippen LogP contribution in [-0.2, 0) is 0 Å². The minimum absolute atomic E-state index is 0.847. The SMILES string of the molecule is CCN(CC)C(On1nnc2ccccc21)=[N+]1CCCCC1. The van der Waals surface area contributed by atoms with E-state index in [0.29, 0.717) is 0 Å². The predicted octanol–water partition coefficient (Wildman–Crippen LogP) is 1.75. The molecule has 0 amide bonds. The van der Waals surface area contributed by atoms with E-state index < -0.39 is 0 Å². The average molecular weight is 302 g/mol. The Morgan fingerprint density at radius 2 is 1.91 bits per heavy atom. The summed E-state index contributed by atoms with van der Waals surface area (Å²) in [6, 6.07) is 8.75. The lowest BCUT2D eigenvalue weighted by Gasteiger charge is -2.21. The summed E-state index contributed by atoms with van der Waals surface area (Å²) >= 11 is 0. The summed E-state index contributed by atoms with van der Waals surface area (Å²) in [6.45, 7) is 8.20. The molecule has 22 heavy (non-hydrogen) atoms. The van der Waals surface area contributed by atoms with Crippen LogP contribution in [-0.4, -0.2) is 56.8 Å². The van der Waals surface area contributed by atoms with E-state index in [4.69, 9.17) is 4.84 Å². The quantitative estimate of drug-likeness (QED) is 0.640. The number of benzene rings is 1. The van der Waals surface area contributed by atoms with Gasteiger partial charge in [-0.25, -0.2) is 9.48 Å². The van der Waals surface area contributed by atoms with Crippen LogP contribution in [0.25, 0.3) is 11.0 Å². The minimum Gasteiger partial charge on any atom is -0.278 e. The highest BCUT2D eigenvalue weighted by Crippen LogP contribution is 2.10. The molecule has 0 bridgehead atoms. The van der Waals surface area contributed by atoms with Crippen LogP contribution in [0.1, 0.15) is 33.1 Å². The highest BCUT2D eigenvalue weighted by Gasteiger charge is 2.26. The number of nitrogens with zero attached hydrogens (tertiary/aromatic N) is 5. The molecule has 1 aliphatic heterocycles. The van der Waals surface area contributed by atoms with Gasteiger partial charge in [-0.3, -0.25) is 4.84 Å². The van der Waals surface area contributed by atoms with E-state index in [9.17, 15) is 0 Å². The Bertz CT molecular complexity index is 651. The summed E-state index contributed by atoms with van der Waals surface area (Å²) in [5, 5.41) is 8.32. The van der Waals surface area contributed by atoms with Gasteiger partial charge < -0.3 is 0 Å². The number of piperidine rings is 1. The van der Waals surface area contributed by atoms with Gasteiger partial charge in [0.15, 0.2) is 0 Å². The maximum atomic E-state index is 6.16. The van der Waals surface area contributed by atoms with E-state index in [1.807, 2.05) is 24.3 Å². The number of rotatable bonds is 3. The van der Waals surface area contributed by atoms with E-state index in [1.54, 1.807) is 0 Å². The Morgan fingerprint density at radius 3 is 2.64 bits per heavy atom. The van der Waals surface area contributed by atoms with E-state index in [0.717, 1.165) is 43.2 Å². The molecule has 1 aromatic heterocycles. The predicted molar refractivity (Wildman–Crippen MR) is 85.9 cm³/mol. The Kier molecular flexibility index (Phi) is 4.56. The Morgan fingerprint density at radius 1 is 1.18 bits per heavy atom. The molecule has 1 fully saturated rings. The monoisotopic (exact) mass is 302 g/mol. The number of amidine groups is 1. The van der Waals surface area contributed by atoms with Gasteiger partial charge in [-0.2, -0.15) is 0 Å². The number of para-hydroxylation sites is 1. The molecule has 118 valence electrons. The minimum atomic E-state index is 0.847. The second kappa shape index (κ2) is 6.77. The first kappa shape index (κ1) is 14.8. The molecule has 6 nitrogen and oxygen atoms in total. The number of hydrogen-bond donors (Lipinski definition) is 0. The van der Waals surface area contributed by atoms with Gasteiger partial charge in [0.1, 0.15) is 11.0 Å². The molecule has 3 rings (SSSR count). The number of fused-ring (bicyclic) bond motifs is 1. The van der Waals surface area contributed by atoms with Crippen LogP contribution >= 0.6 is 0 Å². The van der Waals surface area contributed by atoms with Gasteiger partial charge in [0.05, 0.1) is 26.2 Å². The van der Waals surface area contributed by atoms with E-state index in [-0.39, 0.29) is 0 Å². The van der Waals surface area contributed by atoms with Gasteiger partial charge in [0.2, 0.25) is 0 Å². The van der Waals surface area contributed by atoms with Crippen LogP contribution in [0.5, 0.6) is 0 Å². The van der Waals surface area contributed by atoms with Crippen molar-refractivity contribution >= 4 is 17.1 Å². The number of hydrogen-bond acceptors (Lipinski definition) is 3. The van der Waals surface area contributed by atoms with Gasteiger partial charge in [-0.05, 0) is 50.5 Å². The molecule has 1 aliphatic rings. The molecule has 2 heterocycles. The van der Waals surface area contributed by atoms with Crippen molar-refractivity contribution in [2.45, 2.75) is 33.1 Å². The Labute approximate surface area is 130 Å². The van der Waals surface area contributed by atoms with E-state index in [1.165, 1.54) is 24.1 Å². The summed E-state index contributed by atoms with van der Waals surface area (Å²) in [6.07, 6.45) is 3.73. The molecule has 0 aliphatic carbocycles. The van der Waals surface area contributed by atoms with E-state index >= 15 is 0 Å². The van der Waals surface area contributed by atoms with Gasteiger partial charge >= 0.3 is 6.02 Å². The Balaban J connectivity index is 1.95. The van der Waals surface area contributed by atoms with Crippen molar-refractivity contribution in [1.29, 1.82) is 0 Å². The fraction of sp³-hybridized carbons (Fsp3) is 0.562. The topological polar surface area (TPSA) is 46.2 Å². The van der Waals surface area contributed by atoms with Crippen molar-refractivity contribution < 1.29 is 9.41 Å². The first-order valence-corrected chi connectivity index (χ1v) is 8.19. The summed E-state index contributed by atoms with van der Waals surface area (Å²) in [7, 11) is 0. The summed E-state index contributed by atoms with van der Waals surface area (Å²) < 4.78 is 2.33. The standard InChI is InChI=1S/C16H24N5O/c1-3-19(4-2)16(20-12-8-5-9-13-20)22-21-15-11-7-6-10-14(15)17-18-21/h6-7,10-11H,3-5,8-9,12-13H2,1-2H3/q+1. The maximum absolute atomic E-state index is 6.16. The van der Waals surface area contributed by atoms with Crippen molar-refractivity contribution in [1.82, 2.24) is 20.1 Å². The lowest BCUT2D eigenvalue weighted by Crippen LogP contribution is -2.46. The van der Waals surface area contributed by atoms with Crippen molar-refractivity contribution in [3.05, 3.63) is 24.3 Å². The second-order valence-electron chi connectivity index (χ2n) is 5.54. The van der Waals surface area contributed by atoms with Crippen LogP contribution in [0.3, 0.4) is 0 Å². The third-order valence-electron chi connectivity index (χ3n) is 4.15. The molecule has 6 heteroatoms. The molecule has 0 radical (unpaired) electrons. The van der Waals surface area contributed by atoms with E-state index in [2.05, 4.69) is 33.6 Å². The molecular formula is C16H24N5O+. The summed E-state index contributed by atoms with van der Waals surface area (Å²) in [4.78, 5) is 9.94. The highest BCUT2D eigenvalue weighted by atomic mass is 16.7. The maximum Gasteiger partial charge on any atom is 0.472 e. The van der Waals surface area contributed by atoms with Crippen molar-refractivity contribution in [2.24, 2.45) is 0 Å². The van der Waals surface area contributed by atoms with Crippen molar-refractivity contribution in [3.8, 4) is 0 Å². The lowest BCUT2D eigenvalue weighted by atomic mass is 10.2. The number of aromatic nitrogens is 3. The zero-order chi connectivity index (χ0) is 15.4. The summed E-state index contributed by atoms with van der Waals surface area (Å²) in [5.74, 6) is 0. The summed E-state index contributed by atoms with van der Waals surface area (Å²) in [5.41, 5.74) is 1.74. The zero-order valence-electron chi connectivity index (χ0n) is 13.4. The third-order valence-corrected chi connectivity index (χ3v) is 4.15. The average Bonchev–Trinajstić information content (AvgIpc) is 2.99. The Hall–Kier alpha value is -2.11. The van der Waals surface area contributed by atoms with Crippen LogP contribution in [0.2, 0.25) is 0 Å². The van der Waals surface area contributed by atoms with Crippen LogP contribution in [0, 0.1) is 0 Å². The molecule has 0 saturated carbocycles. The molecule has 2 aromatic rings. The molecule has 1 aromatic carbocycles. The first-order valence-electron chi connectivity index (χ1n) is 8.19. The third kappa shape index (κ3) is 2.91. The second-order valence-corrected chi connectivity index (χ2v) is 5.54. The van der Waals surface area contributed by atoms with Gasteiger partial charge in [-0.1, -0.05) is 17.0 Å². The van der Waals surface area contributed by atoms with Crippen LogP contribution < -0.4 is 4.84 Å². The van der Waals surface area contributed by atoms with Gasteiger partial charge in [0, 0.05) is 0 Å². The fourth-order valence-electron chi connectivity index (χ4n) is 2.89. The lowest BCUT2D eigenvalue weighted by molar-refractivity contribution is -0.550. The van der Waals surface area contributed by atoms with Crippen LogP contribution in [0.15, 0.2) is 24.3 Å². The fourth-order valence-corrected chi connectivity index (χ4v) is 2.89. The molecule has 0 atom stereocenters. The first-order chi connectivity index (χ1) is 10.8. The molecule has 0 spiro atoms. The van der Waals surface area contributed by atoms with Crippen LogP contribution in [0.4, 0.5) is 0 Å². The van der Waals surface area contributed by atoms with Gasteiger partial charge in [0.25, 0.3) is 0 Å². The molecular weight excluding hydrogens is 278 g/mol. The van der Waals surface area contributed by atoms with Gasteiger partial charge in [-0.15, -0.1) is 5.10 Å². The largest absolute Gasteiger partial charge is 0.472 e. The smallest absolute Gasteiger partial charge is 0.278 e. The zero-order valence-corrected chi connectivity index (χ0v) is 13.4. The van der Waals surface area contributed by atoms with Crippen molar-refractivity contribution in [2.75, 3.05) is 26.2 Å². The highest BCUT2D eigenvalue weighted by molar-refractivity contribution is 5.75. The molecule has 1 saturated heterocycles. The normalized spacial score (nSPS) is 15.1. The molecule has 0 N–H and O–H groups in total.